The monoisotopic (exact) mass is 312 g/mol. The number of rotatable bonds is 2. The summed E-state index contributed by atoms with van der Waals surface area (Å²) in [6.45, 7) is 7.52. The Hall–Kier alpha value is -0.480. The van der Waals surface area contributed by atoms with Gasteiger partial charge in [-0.3, -0.25) is 4.99 Å². The molecule has 2 nitrogen and oxygen atoms in total. The molecule has 1 unspecified atom stereocenters. The van der Waals surface area contributed by atoms with Crippen molar-refractivity contribution in [2.75, 3.05) is 11.9 Å². The molecule has 1 N–H and O–H groups in total. The number of nitrogens with one attached hydrogen (secondary N) is 1. The molecule has 0 saturated carbocycles. The van der Waals surface area contributed by atoms with Crippen LogP contribution in [-0.4, -0.2) is 17.0 Å². The minimum absolute atomic E-state index is 0.619. The Morgan fingerprint density at radius 1 is 1.47 bits per heavy atom. The first-order chi connectivity index (χ1) is 8.06. The average Bonchev–Trinajstić information content (AvgIpc) is 2.72. The number of hydrogen-bond donors (Lipinski definition) is 1. The van der Waals surface area contributed by atoms with Gasteiger partial charge in [0.25, 0.3) is 0 Å². The molecule has 0 aromatic heterocycles. The number of halogens is 1. The van der Waals surface area contributed by atoms with E-state index in [1.54, 1.807) is 0 Å². The number of amidine groups is 1. The minimum Gasteiger partial charge on any atom is -0.335 e. The summed E-state index contributed by atoms with van der Waals surface area (Å²) in [5.41, 5.74) is 2.35. The summed E-state index contributed by atoms with van der Waals surface area (Å²) < 4.78 is 1.14. The first-order valence-electron chi connectivity index (χ1n) is 5.80. The zero-order valence-corrected chi connectivity index (χ0v) is 12.7. The van der Waals surface area contributed by atoms with E-state index in [1.165, 1.54) is 5.56 Å². The van der Waals surface area contributed by atoms with E-state index in [4.69, 9.17) is 0 Å². The number of nitrogens with zero attached hydrogens (tertiary/aromatic N) is 1. The van der Waals surface area contributed by atoms with Crippen LogP contribution in [0.2, 0.25) is 0 Å². The van der Waals surface area contributed by atoms with Gasteiger partial charge < -0.3 is 5.32 Å². The molecule has 92 valence electrons. The molecule has 0 bridgehead atoms. The topological polar surface area (TPSA) is 24.4 Å². The van der Waals surface area contributed by atoms with Crippen molar-refractivity contribution in [3.05, 3.63) is 28.2 Å². The van der Waals surface area contributed by atoms with Crippen LogP contribution >= 0.6 is 27.7 Å². The SMILES string of the molecule is Cc1cc(NC2=NCC(C(C)C)S2)ccc1Br. The van der Waals surface area contributed by atoms with Gasteiger partial charge in [-0.25, -0.2) is 0 Å². The predicted octanol–water partition coefficient (Wildman–Crippen LogP) is 4.30. The van der Waals surface area contributed by atoms with Crippen LogP contribution in [0.5, 0.6) is 0 Å². The lowest BCUT2D eigenvalue weighted by Crippen LogP contribution is -2.13. The number of benzene rings is 1. The van der Waals surface area contributed by atoms with E-state index < -0.39 is 0 Å². The number of anilines is 1. The molecule has 1 atom stereocenters. The van der Waals surface area contributed by atoms with Gasteiger partial charge in [0.05, 0.1) is 6.54 Å². The Balaban J connectivity index is 2.00. The normalized spacial score (nSPS) is 19.6. The molecule has 2 rings (SSSR count). The van der Waals surface area contributed by atoms with E-state index in [-0.39, 0.29) is 0 Å². The highest BCUT2D eigenvalue weighted by Gasteiger charge is 2.22. The van der Waals surface area contributed by atoms with E-state index in [1.807, 2.05) is 11.8 Å². The van der Waals surface area contributed by atoms with Crippen molar-refractivity contribution < 1.29 is 0 Å². The fourth-order valence-corrected chi connectivity index (χ4v) is 2.93. The summed E-state index contributed by atoms with van der Waals surface area (Å²) in [4.78, 5) is 4.54. The lowest BCUT2D eigenvalue weighted by molar-refractivity contribution is 0.621. The van der Waals surface area contributed by atoms with Crippen LogP contribution in [0.1, 0.15) is 19.4 Å². The van der Waals surface area contributed by atoms with Gasteiger partial charge >= 0.3 is 0 Å². The maximum absolute atomic E-state index is 4.54. The quantitative estimate of drug-likeness (QED) is 0.880. The molecule has 1 heterocycles. The molecular formula is C13H17BrN2S. The smallest absolute Gasteiger partial charge is 0.161 e. The van der Waals surface area contributed by atoms with E-state index >= 15 is 0 Å². The fraction of sp³-hybridized carbons (Fsp3) is 0.462. The number of aryl methyl sites for hydroxylation is 1. The Morgan fingerprint density at radius 2 is 2.24 bits per heavy atom. The Bertz CT molecular complexity index is 443. The third kappa shape index (κ3) is 3.26. The van der Waals surface area contributed by atoms with Gasteiger partial charge in [-0.2, -0.15) is 0 Å². The number of thioether (sulfide) groups is 1. The summed E-state index contributed by atoms with van der Waals surface area (Å²) in [5, 5.41) is 5.05. The van der Waals surface area contributed by atoms with Gasteiger partial charge in [0.2, 0.25) is 0 Å². The molecule has 1 aromatic carbocycles. The van der Waals surface area contributed by atoms with Crippen molar-refractivity contribution in [2.45, 2.75) is 26.0 Å². The standard InChI is InChI=1S/C13H17BrN2S/c1-8(2)12-7-15-13(17-12)16-10-4-5-11(14)9(3)6-10/h4-6,8,12H,7H2,1-3H3,(H,15,16). The highest BCUT2D eigenvalue weighted by Crippen LogP contribution is 2.28. The lowest BCUT2D eigenvalue weighted by atomic mass is 10.1. The van der Waals surface area contributed by atoms with Crippen molar-refractivity contribution in [2.24, 2.45) is 10.9 Å². The zero-order valence-electron chi connectivity index (χ0n) is 10.3. The second-order valence-corrected chi connectivity index (χ2v) is 6.72. The Morgan fingerprint density at radius 3 is 2.82 bits per heavy atom. The lowest BCUT2D eigenvalue weighted by Gasteiger charge is -2.12. The van der Waals surface area contributed by atoms with E-state index in [0.717, 1.165) is 21.9 Å². The molecule has 4 heteroatoms. The van der Waals surface area contributed by atoms with Crippen LogP contribution in [0.4, 0.5) is 5.69 Å². The van der Waals surface area contributed by atoms with Crippen LogP contribution in [0.15, 0.2) is 27.7 Å². The van der Waals surface area contributed by atoms with Crippen molar-refractivity contribution in [3.8, 4) is 0 Å². The number of hydrogen-bond acceptors (Lipinski definition) is 3. The maximum Gasteiger partial charge on any atom is 0.161 e. The minimum atomic E-state index is 0.619. The van der Waals surface area contributed by atoms with Gasteiger partial charge in [0, 0.05) is 15.4 Å². The average molecular weight is 313 g/mol. The first kappa shape index (κ1) is 13.0. The third-order valence-corrected chi connectivity index (χ3v) is 5.17. The summed E-state index contributed by atoms with van der Waals surface area (Å²) in [6.07, 6.45) is 0. The first-order valence-corrected chi connectivity index (χ1v) is 7.48. The molecule has 0 radical (unpaired) electrons. The molecule has 1 aromatic rings. The molecule has 0 saturated heterocycles. The van der Waals surface area contributed by atoms with Crippen molar-refractivity contribution in [3.63, 3.8) is 0 Å². The van der Waals surface area contributed by atoms with Crippen molar-refractivity contribution in [1.82, 2.24) is 0 Å². The molecule has 17 heavy (non-hydrogen) atoms. The van der Waals surface area contributed by atoms with Gasteiger partial charge in [0.15, 0.2) is 5.17 Å². The van der Waals surface area contributed by atoms with Crippen molar-refractivity contribution >= 4 is 38.5 Å². The highest BCUT2D eigenvalue weighted by molar-refractivity contribution is 9.10. The van der Waals surface area contributed by atoms with E-state index in [2.05, 4.69) is 65.2 Å². The van der Waals surface area contributed by atoms with Gasteiger partial charge in [0.1, 0.15) is 0 Å². The predicted molar refractivity (Wildman–Crippen MR) is 81.0 cm³/mol. The van der Waals surface area contributed by atoms with Gasteiger partial charge in [-0.15, -0.1) is 0 Å². The summed E-state index contributed by atoms with van der Waals surface area (Å²) in [6, 6.07) is 6.27. The van der Waals surface area contributed by atoms with Crippen molar-refractivity contribution in [1.29, 1.82) is 0 Å². The molecular weight excluding hydrogens is 296 g/mol. The van der Waals surface area contributed by atoms with Crippen LogP contribution in [0.3, 0.4) is 0 Å². The summed E-state index contributed by atoms with van der Waals surface area (Å²) >= 11 is 5.36. The second kappa shape index (κ2) is 5.44. The van der Waals surface area contributed by atoms with Gasteiger partial charge in [-0.05, 0) is 36.6 Å². The summed E-state index contributed by atoms with van der Waals surface area (Å²) in [7, 11) is 0. The number of aliphatic imine (C=N–C) groups is 1. The zero-order chi connectivity index (χ0) is 12.4. The molecule has 0 spiro atoms. The van der Waals surface area contributed by atoms with E-state index in [0.29, 0.717) is 11.2 Å². The molecule has 0 aliphatic carbocycles. The highest BCUT2D eigenvalue weighted by atomic mass is 79.9. The molecule has 0 amide bonds. The summed E-state index contributed by atoms with van der Waals surface area (Å²) in [5.74, 6) is 0.676. The molecule has 1 aliphatic rings. The van der Waals surface area contributed by atoms with Crippen LogP contribution < -0.4 is 5.32 Å². The molecule has 1 aliphatic heterocycles. The third-order valence-electron chi connectivity index (χ3n) is 2.83. The van der Waals surface area contributed by atoms with E-state index in [9.17, 15) is 0 Å². The van der Waals surface area contributed by atoms with Gasteiger partial charge in [-0.1, -0.05) is 41.5 Å². The Labute approximate surface area is 115 Å². The van der Waals surface area contributed by atoms with Crippen LogP contribution in [-0.2, 0) is 0 Å². The fourth-order valence-electron chi connectivity index (χ4n) is 1.65. The Kier molecular flexibility index (Phi) is 4.15. The maximum atomic E-state index is 4.54. The van der Waals surface area contributed by atoms with Crippen LogP contribution in [0, 0.1) is 12.8 Å². The molecule has 0 fully saturated rings. The van der Waals surface area contributed by atoms with Crippen LogP contribution in [0.25, 0.3) is 0 Å². The largest absolute Gasteiger partial charge is 0.335 e. The second-order valence-electron chi connectivity index (χ2n) is 4.64.